The third-order valence-corrected chi connectivity index (χ3v) is 5.68. The number of ether oxygens (including phenoxy) is 1. The van der Waals surface area contributed by atoms with E-state index in [9.17, 15) is 9.90 Å². The van der Waals surface area contributed by atoms with Crippen molar-refractivity contribution in [2.75, 3.05) is 6.54 Å². The van der Waals surface area contributed by atoms with Crippen molar-refractivity contribution in [3.05, 3.63) is 48.5 Å². The molecule has 0 bridgehead atoms. The minimum absolute atomic E-state index is 0.0746. The van der Waals surface area contributed by atoms with Gasteiger partial charge in [-0.3, -0.25) is 9.20 Å². The van der Waals surface area contributed by atoms with E-state index in [0.717, 1.165) is 39.5 Å². The third-order valence-electron chi connectivity index (χ3n) is 5.68. The van der Waals surface area contributed by atoms with Crippen LogP contribution in [-0.4, -0.2) is 54.0 Å². The van der Waals surface area contributed by atoms with Gasteiger partial charge in [-0.1, -0.05) is 0 Å². The van der Waals surface area contributed by atoms with Gasteiger partial charge >= 0.3 is 0 Å². The smallest absolute Gasteiger partial charge is 0.220 e. The van der Waals surface area contributed by atoms with Gasteiger partial charge in [0.05, 0.1) is 41.2 Å². The number of rotatable bonds is 4. The van der Waals surface area contributed by atoms with Crippen molar-refractivity contribution in [3.63, 3.8) is 0 Å². The molecule has 1 amide bonds. The monoisotopic (exact) mass is 419 g/mol. The number of carbonyl (C=O) groups excluding carboxylic acids is 1. The highest BCUT2D eigenvalue weighted by Crippen LogP contribution is 2.37. The van der Waals surface area contributed by atoms with Gasteiger partial charge in [0.15, 0.2) is 5.65 Å². The fourth-order valence-corrected chi connectivity index (χ4v) is 4.39. The molecule has 3 aromatic heterocycles. The number of aliphatic hydroxyl groups is 1. The van der Waals surface area contributed by atoms with Crippen LogP contribution in [-0.2, 0) is 4.79 Å². The van der Waals surface area contributed by atoms with Crippen LogP contribution in [0.15, 0.2) is 42.7 Å². The van der Waals surface area contributed by atoms with Gasteiger partial charge in [-0.25, -0.2) is 9.97 Å². The summed E-state index contributed by atoms with van der Waals surface area (Å²) in [6.07, 6.45) is 3.62. The summed E-state index contributed by atoms with van der Waals surface area (Å²) in [5.41, 5.74) is 4.20. The molecule has 0 spiro atoms. The Morgan fingerprint density at radius 3 is 2.71 bits per heavy atom. The zero-order valence-electron chi connectivity index (χ0n) is 17.7. The molecule has 160 valence electrons. The van der Waals surface area contributed by atoms with E-state index in [1.165, 1.54) is 6.92 Å². The lowest BCUT2D eigenvalue weighted by Crippen LogP contribution is -2.30. The second-order valence-electron chi connectivity index (χ2n) is 8.28. The number of benzene rings is 1. The fraction of sp³-hybridized carbons (Fsp3) is 0.348. The molecular weight excluding hydrogens is 394 g/mol. The van der Waals surface area contributed by atoms with Crippen LogP contribution in [0.5, 0.6) is 5.75 Å². The number of hydrogen-bond acceptors (Lipinski definition) is 5. The van der Waals surface area contributed by atoms with Crippen LogP contribution < -0.4 is 4.74 Å². The van der Waals surface area contributed by atoms with Crippen molar-refractivity contribution in [1.82, 2.24) is 24.3 Å². The molecule has 1 aromatic carbocycles. The SMILES string of the molecule is CC(=O)N1CC(O)CC1c1nc(-c2ccc(OC(C)C)cc2)c2cnc3[nH]ccc3n12. The van der Waals surface area contributed by atoms with Crippen molar-refractivity contribution in [2.45, 2.75) is 45.4 Å². The van der Waals surface area contributed by atoms with Crippen molar-refractivity contribution in [1.29, 1.82) is 0 Å². The minimum atomic E-state index is -0.569. The van der Waals surface area contributed by atoms with Crippen molar-refractivity contribution in [3.8, 4) is 17.0 Å². The second kappa shape index (κ2) is 7.39. The molecule has 1 aliphatic heterocycles. The average Bonchev–Trinajstić information content (AvgIpc) is 3.43. The lowest BCUT2D eigenvalue weighted by molar-refractivity contribution is -0.130. The highest BCUT2D eigenvalue weighted by atomic mass is 16.5. The average molecular weight is 419 g/mol. The van der Waals surface area contributed by atoms with Gasteiger partial charge in [0.2, 0.25) is 5.91 Å². The summed E-state index contributed by atoms with van der Waals surface area (Å²) in [5, 5.41) is 10.3. The molecule has 8 heteroatoms. The van der Waals surface area contributed by atoms with E-state index >= 15 is 0 Å². The Labute approximate surface area is 179 Å². The fourth-order valence-electron chi connectivity index (χ4n) is 4.39. The van der Waals surface area contributed by atoms with E-state index < -0.39 is 6.10 Å². The van der Waals surface area contributed by atoms with Gasteiger partial charge in [-0.2, -0.15) is 0 Å². The maximum Gasteiger partial charge on any atom is 0.220 e. The number of fused-ring (bicyclic) bond motifs is 3. The number of β-amino-alcohol motifs (C(OH)–C–C–N with tert-alkyl or cyclic N) is 1. The molecule has 5 rings (SSSR count). The first-order valence-corrected chi connectivity index (χ1v) is 10.5. The molecule has 1 aliphatic rings. The Kier molecular flexibility index (Phi) is 4.66. The van der Waals surface area contributed by atoms with Crippen LogP contribution in [0.4, 0.5) is 0 Å². The lowest BCUT2D eigenvalue weighted by Gasteiger charge is -2.22. The normalized spacial score (nSPS) is 19.1. The summed E-state index contributed by atoms with van der Waals surface area (Å²) in [6, 6.07) is 9.48. The van der Waals surface area contributed by atoms with Crippen LogP contribution in [0.3, 0.4) is 0 Å². The first-order chi connectivity index (χ1) is 14.9. The largest absolute Gasteiger partial charge is 0.491 e. The number of imidazole rings is 1. The molecule has 4 aromatic rings. The van der Waals surface area contributed by atoms with Crippen molar-refractivity contribution in [2.24, 2.45) is 0 Å². The predicted molar refractivity (Wildman–Crippen MR) is 117 cm³/mol. The number of carbonyl (C=O) groups is 1. The van der Waals surface area contributed by atoms with E-state index in [1.54, 1.807) is 11.1 Å². The van der Waals surface area contributed by atoms with Gasteiger partial charge < -0.3 is 19.7 Å². The highest BCUT2D eigenvalue weighted by Gasteiger charge is 2.37. The maximum absolute atomic E-state index is 12.3. The Morgan fingerprint density at radius 1 is 1.23 bits per heavy atom. The third kappa shape index (κ3) is 3.33. The van der Waals surface area contributed by atoms with Crippen LogP contribution in [0.25, 0.3) is 27.9 Å². The van der Waals surface area contributed by atoms with Gasteiger partial charge in [0, 0.05) is 31.6 Å². The molecule has 4 heterocycles. The summed E-state index contributed by atoms with van der Waals surface area (Å²) in [7, 11) is 0. The Morgan fingerprint density at radius 2 is 2.00 bits per heavy atom. The van der Waals surface area contributed by atoms with E-state index in [-0.39, 0.29) is 18.1 Å². The van der Waals surface area contributed by atoms with Crippen LogP contribution in [0, 0.1) is 0 Å². The summed E-state index contributed by atoms with van der Waals surface area (Å²) in [6.45, 7) is 5.83. The number of aromatic amines is 1. The topological polar surface area (TPSA) is 95.8 Å². The van der Waals surface area contributed by atoms with Crippen LogP contribution >= 0.6 is 0 Å². The van der Waals surface area contributed by atoms with Crippen LogP contribution in [0.2, 0.25) is 0 Å². The second-order valence-corrected chi connectivity index (χ2v) is 8.28. The molecule has 2 atom stereocenters. The van der Waals surface area contributed by atoms with Gasteiger partial charge in [-0.05, 0) is 44.2 Å². The van der Waals surface area contributed by atoms with E-state index in [1.807, 2.05) is 54.8 Å². The number of aliphatic hydroxyl groups excluding tert-OH is 1. The highest BCUT2D eigenvalue weighted by molar-refractivity contribution is 5.84. The van der Waals surface area contributed by atoms with Crippen molar-refractivity contribution >= 4 is 22.6 Å². The molecule has 0 radical (unpaired) electrons. The number of likely N-dealkylation sites (tertiary alicyclic amines) is 1. The van der Waals surface area contributed by atoms with Crippen LogP contribution in [0.1, 0.15) is 39.1 Å². The molecular formula is C23H25N5O3. The quantitative estimate of drug-likeness (QED) is 0.529. The molecule has 0 aliphatic carbocycles. The maximum atomic E-state index is 12.3. The number of H-pyrrole nitrogens is 1. The van der Waals surface area contributed by atoms with Gasteiger partial charge in [-0.15, -0.1) is 0 Å². The Balaban J connectivity index is 1.69. The number of hydrogen-bond donors (Lipinski definition) is 2. The Bertz CT molecular complexity index is 1260. The molecule has 31 heavy (non-hydrogen) atoms. The predicted octanol–water partition coefficient (Wildman–Crippen LogP) is 3.32. The number of amides is 1. The van der Waals surface area contributed by atoms with E-state index in [0.29, 0.717) is 13.0 Å². The minimum Gasteiger partial charge on any atom is -0.491 e. The molecule has 1 saturated heterocycles. The standard InChI is InChI=1S/C23H25N5O3/c1-13(2)31-17-6-4-15(5-7-17)21-20-11-25-22-18(8-9-24-22)28(20)23(26-21)19-10-16(30)12-27(19)14(3)29/h4-9,11,13,16,19,24,30H,10,12H2,1-3H3. The molecule has 8 nitrogen and oxygen atoms in total. The first kappa shape index (κ1) is 19.6. The molecule has 2 N–H and O–H groups in total. The number of nitrogens with one attached hydrogen (secondary N) is 1. The number of nitrogens with zero attached hydrogens (tertiary/aromatic N) is 4. The van der Waals surface area contributed by atoms with Gasteiger partial charge in [0.25, 0.3) is 0 Å². The van der Waals surface area contributed by atoms with E-state index in [4.69, 9.17) is 9.72 Å². The lowest BCUT2D eigenvalue weighted by atomic mass is 10.1. The zero-order chi connectivity index (χ0) is 21.7. The van der Waals surface area contributed by atoms with E-state index in [2.05, 4.69) is 9.97 Å². The van der Waals surface area contributed by atoms with Crippen molar-refractivity contribution < 1.29 is 14.6 Å². The Hall–Kier alpha value is -3.39. The molecule has 1 fully saturated rings. The van der Waals surface area contributed by atoms with Gasteiger partial charge in [0.1, 0.15) is 11.6 Å². The zero-order valence-corrected chi connectivity index (χ0v) is 17.7. The summed E-state index contributed by atoms with van der Waals surface area (Å²) in [5.74, 6) is 1.45. The molecule has 2 unspecified atom stereocenters. The number of aromatic nitrogens is 4. The molecule has 0 saturated carbocycles. The summed E-state index contributed by atoms with van der Waals surface area (Å²) in [4.78, 5) is 26.7. The summed E-state index contributed by atoms with van der Waals surface area (Å²) >= 11 is 0. The summed E-state index contributed by atoms with van der Waals surface area (Å²) < 4.78 is 7.81. The first-order valence-electron chi connectivity index (χ1n) is 10.5.